The Kier molecular flexibility index (Phi) is 5.61. The van der Waals surface area contributed by atoms with Gasteiger partial charge in [-0.15, -0.1) is 0 Å². The van der Waals surface area contributed by atoms with Crippen LogP contribution in [0.25, 0.3) is 11.0 Å². The fraction of sp³-hybridized carbons (Fsp3) is 0.179. The number of nitrogens with one attached hydrogen (secondary N) is 2. The predicted molar refractivity (Wildman–Crippen MR) is 131 cm³/mol. The van der Waals surface area contributed by atoms with Crippen LogP contribution < -0.4 is 10.6 Å². The second-order valence-corrected chi connectivity index (χ2v) is 8.91. The molecule has 7 nitrogen and oxygen atoms in total. The predicted octanol–water partition coefficient (Wildman–Crippen LogP) is 4.41. The average molecular weight is 468 g/mol. The molecule has 176 valence electrons. The van der Waals surface area contributed by atoms with Crippen molar-refractivity contribution < 1.29 is 18.8 Å². The van der Waals surface area contributed by atoms with Crippen LogP contribution in [0.4, 0.5) is 4.79 Å². The Morgan fingerprint density at radius 2 is 1.69 bits per heavy atom. The monoisotopic (exact) mass is 467 g/mol. The van der Waals surface area contributed by atoms with E-state index in [0.29, 0.717) is 16.9 Å². The van der Waals surface area contributed by atoms with Gasteiger partial charge in [-0.3, -0.25) is 14.5 Å². The minimum absolute atomic E-state index is 0.407. The molecule has 2 unspecified atom stereocenters. The van der Waals surface area contributed by atoms with Crippen molar-refractivity contribution in [2.24, 2.45) is 0 Å². The van der Waals surface area contributed by atoms with Crippen LogP contribution in [0.1, 0.15) is 35.4 Å². The van der Waals surface area contributed by atoms with E-state index in [0.717, 1.165) is 21.4 Å². The SMILES string of the molecule is Cc1ccc(C2(C)NC(=O)N(CC(=O)NC(c3ccccc3)c3cc4ccccc4o3)C2=O)cc1. The molecule has 1 fully saturated rings. The lowest BCUT2D eigenvalue weighted by Gasteiger charge is -2.23. The van der Waals surface area contributed by atoms with E-state index in [1.165, 1.54) is 0 Å². The third-order valence-electron chi connectivity index (χ3n) is 6.37. The Morgan fingerprint density at radius 3 is 2.40 bits per heavy atom. The highest BCUT2D eigenvalue weighted by molar-refractivity contribution is 6.09. The maximum Gasteiger partial charge on any atom is 0.325 e. The molecule has 2 atom stereocenters. The lowest BCUT2D eigenvalue weighted by Crippen LogP contribution is -2.44. The maximum atomic E-state index is 13.2. The maximum absolute atomic E-state index is 13.2. The minimum Gasteiger partial charge on any atom is -0.459 e. The van der Waals surface area contributed by atoms with Crippen molar-refractivity contribution in [2.45, 2.75) is 25.4 Å². The highest BCUT2D eigenvalue weighted by atomic mass is 16.3. The first-order chi connectivity index (χ1) is 16.8. The number of benzene rings is 3. The van der Waals surface area contributed by atoms with E-state index in [1.54, 1.807) is 6.92 Å². The number of aryl methyl sites for hydroxylation is 1. The highest BCUT2D eigenvalue weighted by Gasteiger charge is 2.49. The molecule has 4 amide bonds. The van der Waals surface area contributed by atoms with Gasteiger partial charge in [-0.2, -0.15) is 0 Å². The van der Waals surface area contributed by atoms with Gasteiger partial charge in [0.15, 0.2) is 0 Å². The number of furan rings is 1. The van der Waals surface area contributed by atoms with E-state index in [2.05, 4.69) is 10.6 Å². The Morgan fingerprint density at radius 1 is 1.00 bits per heavy atom. The van der Waals surface area contributed by atoms with Gasteiger partial charge >= 0.3 is 6.03 Å². The lowest BCUT2D eigenvalue weighted by atomic mass is 9.91. The van der Waals surface area contributed by atoms with E-state index in [-0.39, 0.29) is 0 Å². The fourth-order valence-corrected chi connectivity index (χ4v) is 4.38. The molecule has 3 aromatic carbocycles. The van der Waals surface area contributed by atoms with Gasteiger partial charge in [-0.05, 0) is 37.1 Å². The normalized spacial score (nSPS) is 18.5. The first kappa shape index (κ1) is 22.4. The molecule has 0 bridgehead atoms. The van der Waals surface area contributed by atoms with Crippen LogP contribution in [0.5, 0.6) is 0 Å². The zero-order valence-corrected chi connectivity index (χ0v) is 19.4. The van der Waals surface area contributed by atoms with Crippen molar-refractivity contribution in [3.05, 3.63) is 107 Å². The molecule has 2 N–H and O–H groups in total. The molecule has 35 heavy (non-hydrogen) atoms. The molecule has 1 aliphatic heterocycles. The summed E-state index contributed by atoms with van der Waals surface area (Å²) in [5.41, 5.74) is 2.00. The smallest absolute Gasteiger partial charge is 0.325 e. The largest absolute Gasteiger partial charge is 0.459 e. The lowest BCUT2D eigenvalue weighted by molar-refractivity contribution is -0.135. The molecule has 0 saturated carbocycles. The van der Waals surface area contributed by atoms with E-state index in [4.69, 9.17) is 4.42 Å². The number of fused-ring (bicyclic) bond motifs is 1. The number of amides is 4. The summed E-state index contributed by atoms with van der Waals surface area (Å²) in [6.45, 7) is 3.19. The average Bonchev–Trinajstić information content (AvgIpc) is 3.38. The van der Waals surface area contributed by atoms with Crippen molar-refractivity contribution in [1.29, 1.82) is 0 Å². The van der Waals surface area contributed by atoms with Crippen molar-refractivity contribution in [3.8, 4) is 0 Å². The number of hydrogen-bond donors (Lipinski definition) is 2. The van der Waals surface area contributed by atoms with Crippen LogP contribution in [0.15, 0.2) is 89.3 Å². The van der Waals surface area contributed by atoms with E-state index in [1.807, 2.05) is 91.9 Å². The van der Waals surface area contributed by atoms with Gasteiger partial charge in [-0.1, -0.05) is 78.4 Å². The molecular formula is C28H25N3O4. The molecule has 2 heterocycles. The Labute approximate surface area is 202 Å². The molecule has 5 rings (SSSR count). The summed E-state index contributed by atoms with van der Waals surface area (Å²) in [7, 11) is 0. The van der Waals surface area contributed by atoms with Gasteiger partial charge in [0.2, 0.25) is 5.91 Å². The van der Waals surface area contributed by atoms with E-state index in [9.17, 15) is 14.4 Å². The van der Waals surface area contributed by atoms with Crippen LogP contribution >= 0.6 is 0 Å². The van der Waals surface area contributed by atoms with Gasteiger partial charge in [0.05, 0.1) is 0 Å². The van der Waals surface area contributed by atoms with Crippen molar-refractivity contribution in [2.75, 3.05) is 6.54 Å². The summed E-state index contributed by atoms with van der Waals surface area (Å²) >= 11 is 0. The summed E-state index contributed by atoms with van der Waals surface area (Å²) in [6.07, 6.45) is 0. The fourth-order valence-electron chi connectivity index (χ4n) is 4.38. The molecule has 1 aromatic heterocycles. The third-order valence-corrected chi connectivity index (χ3v) is 6.37. The Bertz CT molecular complexity index is 1380. The number of para-hydroxylation sites is 1. The van der Waals surface area contributed by atoms with Crippen LogP contribution in [0.3, 0.4) is 0 Å². The second kappa shape index (κ2) is 8.76. The number of carbonyl (C=O) groups excluding carboxylic acids is 3. The first-order valence-electron chi connectivity index (χ1n) is 11.4. The quantitative estimate of drug-likeness (QED) is 0.411. The van der Waals surface area contributed by atoms with Crippen LogP contribution in [0.2, 0.25) is 0 Å². The van der Waals surface area contributed by atoms with Crippen LogP contribution in [-0.4, -0.2) is 29.3 Å². The highest BCUT2D eigenvalue weighted by Crippen LogP contribution is 2.30. The summed E-state index contributed by atoms with van der Waals surface area (Å²) in [6, 6.07) is 25.1. The number of nitrogens with zero attached hydrogens (tertiary/aromatic N) is 1. The van der Waals surface area contributed by atoms with Gasteiger partial charge in [0, 0.05) is 5.39 Å². The molecule has 0 aliphatic carbocycles. The minimum atomic E-state index is -1.23. The van der Waals surface area contributed by atoms with E-state index >= 15 is 0 Å². The number of urea groups is 1. The summed E-state index contributed by atoms with van der Waals surface area (Å²) in [4.78, 5) is 40.0. The number of imide groups is 1. The Balaban J connectivity index is 1.38. The van der Waals surface area contributed by atoms with E-state index < -0.39 is 36.0 Å². The zero-order valence-electron chi connectivity index (χ0n) is 19.4. The molecule has 4 aromatic rings. The molecule has 0 spiro atoms. The Hall–Kier alpha value is -4.39. The molecular weight excluding hydrogens is 442 g/mol. The number of hydrogen-bond acceptors (Lipinski definition) is 4. The zero-order chi connectivity index (χ0) is 24.6. The van der Waals surface area contributed by atoms with Crippen molar-refractivity contribution in [3.63, 3.8) is 0 Å². The summed E-state index contributed by atoms with van der Waals surface area (Å²) < 4.78 is 6.02. The number of rotatable bonds is 6. The van der Waals surface area contributed by atoms with Gasteiger partial charge in [0.25, 0.3) is 5.91 Å². The van der Waals surface area contributed by atoms with Crippen LogP contribution in [-0.2, 0) is 15.1 Å². The number of carbonyl (C=O) groups is 3. The van der Waals surface area contributed by atoms with Crippen LogP contribution in [0, 0.1) is 6.92 Å². The standard InChI is InChI=1S/C28H25N3O4/c1-18-12-14-21(15-13-18)28(2)26(33)31(27(34)30-28)17-24(32)29-25(19-8-4-3-5-9-19)23-16-20-10-6-7-11-22(20)35-23/h3-16,25H,17H2,1-2H3,(H,29,32)(H,30,34). The van der Waals surface area contributed by atoms with Gasteiger partial charge in [-0.25, -0.2) is 4.79 Å². The van der Waals surface area contributed by atoms with Gasteiger partial charge in [0.1, 0.15) is 29.5 Å². The summed E-state index contributed by atoms with van der Waals surface area (Å²) in [5.74, 6) is -0.384. The van der Waals surface area contributed by atoms with Gasteiger partial charge < -0.3 is 15.1 Å². The molecule has 0 radical (unpaired) electrons. The topological polar surface area (TPSA) is 91.7 Å². The van der Waals surface area contributed by atoms with Crippen molar-refractivity contribution >= 4 is 28.8 Å². The second-order valence-electron chi connectivity index (χ2n) is 8.91. The molecule has 1 aliphatic rings. The first-order valence-corrected chi connectivity index (χ1v) is 11.4. The van der Waals surface area contributed by atoms with Crippen molar-refractivity contribution in [1.82, 2.24) is 15.5 Å². The molecule has 7 heteroatoms. The molecule has 1 saturated heterocycles. The third kappa shape index (κ3) is 4.17. The summed E-state index contributed by atoms with van der Waals surface area (Å²) in [5, 5.41) is 6.61.